The van der Waals surface area contributed by atoms with E-state index in [2.05, 4.69) is 20.9 Å². The van der Waals surface area contributed by atoms with Crippen LogP contribution in [-0.2, 0) is 6.54 Å². The van der Waals surface area contributed by atoms with Gasteiger partial charge in [0.15, 0.2) is 0 Å². The molecule has 0 unspecified atom stereocenters. The van der Waals surface area contributed by atoms with Gasteiger partial charge >= 0.3 is 0 Å². The summed E-state index contributed by atoms with van der Waals surface area (Å²) in [4.78, 5) is 18.8. The Labute approximate surface area is 148 Å². The van der Waals surface area contributed by atoms with Gasteiger partial charge in [-0.15, -0.1) is 0 Å². The Kier molecular flexibility index (Phi) is 4.87. The predicted octanol–water partition coefficient (Wildman–Crippen LogP) is 4.31. The number of methoxy groups -OCH3 is 1. The molecule has 0 bridgehead atoms. The Morgan fingerprint density at radius 2 is 2.09 bits per heavy atom. The fraction of sp³-hybridized carbons (Fsp3) is 0.294. The van der Waals surface area contributed by atoms with Gasteiger partial charge in [-0.25, -0.2) is 4.98 Å². The van der Waals surface area contributed by atoms with Crippen molar-refractivity contribution in [2.24, 2.45) is 0 Å². The summed E-state index contributed by atoms with van der Waals surface area (Å²) in [6, 6.07) is 9.75. The van der Waals surface area contributed by atoms with Crippen LogP contribution in [0.25, 0.3) is 0 Å². The van der Waals surface area contributed by atoms with Crippen molar-refractivity contribution in [2.75, 3.05) is 7.11 Å². The first-order chi connectivity index (χ1) is 11.1. The molecular weight excluding hydrogens is 380 g/mol. The minimum atomic E-state index is -0.0814. The van der Waals surface area contributed by atoms with E-state index in [1.807, 2.05) is 29.2 Å². The van der Waals surface area contributed by atoms with Crippen molar-refractivity contribution in [1.29, 1.82) is 0 Å². The minimum absolute atomic E-state index is 0.0814. The third-order valence-electron chi connectivity index (χ3n) is 3.80. The van der Waals surface area contributed by atoms with Crippen LogP contribution in [0.3, 0.4) is 0 Å². The van der Waals surface area contributed by atoms with Gasteiger partial charge < -0.3 is 9.64 Å². The maximum atomic E-state index is 12.9. The van der Waals surface area contributed by atoms with Crippen LogP contribution in [-0.4, -0.2) is 28.9 Å². The highest BCUT2D eigenvalue weighted by Crippen LogP contribution is 2.31. The number of pyridine rings is 1. The highest BCUT2D eigenvalue weighted by molar-refractivity contribution is 9.10. The van der Waals surface area contributed by atoms with Crippen molar-refractivity contribution in [3.63, 3.8) is 0 Å². The summed E-state index contributed by atoms with van der Waals surface area (Å²) >= 11 is 9.45. The van der Waals surface area contributed by atoms with E-state index in [0.29, 0.717) is 12.1 Å². The molecule has 120 valence electrons. The van der Waals surface area contributed by atoms with E-state index in [0.717, 1.165) is 28.6 Å². The van der Waals surface area contributed by atoms with Crippen LogP contribution in [0.2, 0.25) is 5.15 Å². The lowest BCUT2D eigenvalue weighted by Crippen LogP contribution is -2.33. The van der Waals surface area contributed by atoms with Gasteiger partial charge in [-0.2, -0.15) is 0 Å². The molecule has 1 aliphatic rings. The zero-order valence-electron chi connectivity index (χ0n) is 12.6. The predicted molar refractivity (Wildman–Crippen MR) is 92.8 cm³/mol. The summed E-state index contributed by atoms with van der Waals surface area (Å²) in [5.74, 6) is 0.722. The number of ether oxygens (including phenoxy) is 1. The first kappa shape index (κ1) is 16.3. The van der Waals surface area contributed by atoms with E-state index in [4.69, 9.17) is 16.3 Å². The molecule has 4 nitrogen and oxygen atoms in total. The number of hydrogen-bond donors (Lipinski definition) is 0. The Morgan fingerprint density at radius 3 is 2.70 bits per heavy atom. The first-order valence-corrected chi connectivity index (χ1v) is 8.50. The lowest BCUT2D eigenvalue weighted by atomic mass is 10.1. The van der Waals surface area contributed by atoms with Gasteiger partial charge in [-0.3, -0.25) is 4.79 Å². The highest BCUT2D eigenvalue weighted by Gasteiger charge is 2.34. The van der Waals surface area contributed by atoms with Gasteiger partial charge in [0, 0.05) is 23.3 Å². The summed E-state index contributed by atoms with van der Waals surface area (Å²) in [6.07, 6.45) is 3.64. The molecule has 0 spiro atoms. The van der Waals surface area contributed by atoms with Gasteiger partial charge in [-0.1, -0.05) is 23.7 Å². The smallest absolute Gasteiger partial charge is 0.257 e. The Bertz CT molecular complexity index is 717. The topological polar surface area (TPSA) is 42.4 Å². The molecule has 3 rings (SSSR count). The molecule has 1 amide bonds. The number of benzene rings is 1. The van der Waals surface area contributed by atoms with E-state index < -0.39 is 0 Å². The monoisotopic (exact) mass is 394 g/mol. The highest BCUT2D eigenvalue weighted by atomic mass is 79.9. The van der Waals surface area contributed by atoms with Crippen molar-refractivity contribution < 1.29 is 9.53 Å². The maximum absolute atomic E-state index is 12.9. The molecule has 1 aromatic heterocycles. The summed E-state index contributed by atoms with van der Waals surface area (Å²) < 4.78 is 5.91. The van der Waals surface area contributed by atoms with E-state index >= 15 is 0 Å². The van der Waals surface area contributed by atoms with Gasteiger partial charge in [0.05, 0.1) is 12.7 Å². The average Bonchev–Trinajstić information content (AvgIpc) is 3.39. The molecule has 0 saturated heterocycles. The number of halogens is 2. The second-order valence-corrected chi connectivity index (χ2v) is 6.78. The number of carbonyl (C=O) groups is 1. The summed E-state index contributed by atoms with van der Waals surface area (Å²) in [5, 5.41) is 0.235. The molecule has 6 heteroatoms. The molecular formula is C17H16BrClN2O2. The second kappa shape index (κ2) is 6.89. The number of nitrogens with zero attached hydrogens (tertiary/aromatic N) is 2. The summed E-state index contributed by atoms with van der Waals surface area (Å²) in [6.45, 7) is 0.552. The molecule has 0 aliphatic heterocycles. The molecule has 1 aliphatic carbocycles. The molecule has 0 N–H and O–H groups in total. The van der Waals surface area contributed by atoms with Gasteiger partial charge in [0.1, 0.15) is 10.9 Å². The van der Waals surface area contributed by atoms with Crippen LogP contribution in [0.4, 0.5) is 0 Å². The quantitative estimate of drug-likeness (QED) is 0.708. The molecule has 0 radical (unpaired) electrons. The number of amides is 1. The Balaban J connectivity index is 1.83. The van der Waals surface area contributed by atoms with Crippen molar-refractivity contribution in [3.05, 3.63) is 57.3 Å². The lowest BCUT2D eigenvalue weighted by Gasteiger charge is -2.23. The molecule has 23 heavy (non-hydrogen) atoms. The fourth-order valence-corrected chi connectivity index (χ4v) is 2.92. The number of carbonyl (C=O) groups excluding carboxylic acids is 1. The van der Waals surface area contributed by atoms with Crippen LogP contribution >= 0.6 is 27.5 Å². The molecule has 1 heterocycles. The Hall–Kier alpha value is -1.59. The number of aromatic nitrogens is 1. The first-order valence-electron chi connectivity index (χ1n) is 7.33. The zero-order valence-corrected chi connectivity index (χ0v) is 15.0. The van der Waals surface area contributed by atoms with Gasteiger partial charge in [0.2, 0.25) is 0 Å². The third kappa shape index (κ3) is 3.85. The van der Waals surface area contributed by atoms with Crippen LogP contribution in [0.1, 0.15) is 28.8 Å². The minimum Gasteiger partial charge on any atom is -0.497 e. The van der Waals surface area contributed by atoms with Crippen LogP contribution < -0.4 is 4.74 Å². The molecule has 1 aromatic carbocycles. The Morgan fingerprint density at radius 1 is 1.39 bits per heavy atom. The van der Waals surface area contributed by atoms with Crippen LogP contribution in [0, 0.1) is 0 Å². The summed E-state index contributed by atoms with van der Waals surface area (Å²) in [5.41, 5.74) is 1.49. The van der Waals surface area contributed by atoms with Crippen molar-refractivity contribution in [3.8, 4) is 5.75 Å². The average molecular weight is 396 g/mol. The van der Waals surface area contributed by atoms with E-state index in [1.54, 1.807) is 19.4 Å². The van der Waals surface area contributed by atoms with Crippen molar-refractivity contribution >= 4 is 33.4 Å². The van der Waals surface area contributed by atoms with Gasteiger partial charge in [0.25, 0.3) is 5.91 Å². The molecule has 1 fully saturated rings. The fourth-order valence-electron chi connectivity index (χ4n) is 2.41. The van der Waals surface area contributed by atoms with Crippen LogP contribution in [0.15, 0.2) is 41.0 Å². The van der Waals surface area contributed by atoms with Crippen LogP contribution in [0.5, 0.6) is 5.75 Å². The lowest BCUT2D eigenvalue weighted by molar-refractivity contribution is 0.0729. The molecule has 2 aromatic rings. The third-order valence-corrected chi connectivity index (χ3v) is 4.53. The molecule has 1 saturated carbocycles. The summed E-state index contributed by atoms with van der Waals surface area (Å²) in [7, 11) is 1.64. The van der Waals surface area contributed by atoms with E-state index in [1.165, 1.54) is 0 Å². The van der Waals surface area contributed by atoms with E-state index in [-0.39, 0.29) is 17.1 Å². The molecule has 0 atom stereocenters. The zero-order chi connectivity index (χ0) is 16.4. The largest absolute Gasteiger partial charge is 0.497 e. The SMILES string of the molecule is COc1ccc(CN(C(=O)c2cc(Br)cnc2Cl)C2CC2)cc1. The maximum Gasteiger partial charge on any atom is 0.257 e. The normalized spacial score (nSPS) is 13.7. The number of hydrogen-bond acceptors (Lipinski definition) is 3. The number of rotatable bonds is 5. The van der Waals surface area contributed by atoms with E-state index in [9.17, 15) is 4.79 Å². The standard InChI is InChI=1S/C17H16BrClN2O2/c1-23-14-6-2-11(3-7-14)10-21(13-4-5-13)17(22)15-8-12(18)9-20-16(15)19/h2-3,6-9,13H,4-5,10H2,1H3. The van der Waals surface area contributed by atoms with Crippen molar-refractivity contribution in [2.45, 2.75) is 25.4 Å². The second-order valence-electron chi connectivity index (χ2n) is 5.50. The van der Waals surface area contributed by atoms with Gasteiger partial charge in [-0.05, 0) is 52.5 Å². The van der Waals surface area contributed by atoms with Crippen molar-refractivity contribution in [1.82, 2.24) is 9.88 Å².